The Labute approximate surface area is 245 Å². The van der Waals surface area contributed by atoms with Gasteiger partial charge in [0.1, 0.15) is 0 Å². The maximum Gasteiger partial charge on any atom is 0.416 e. The molecule has 2 fully saturated rings. The van der Waals surface area contributed by atoms with Gasteiger partial charge in [0.25, 0.3) is 0 Å². The molecule has 0 saturated carbocycles. The first-order chi connectivity index (χ1) is 19.7. The van der Waals surface area contributed by atoms with Gasteiger partial charge in [-0.3, -0.25) is 0 Å². The first kappa shape index (κ1) is 31.0. The van der Waals surface area contributed by atoms with Crippen LogP contribution < -0.4 is 0 Å². The van der Waals surface area contributed by atoms with Crippen LogP contribution in [0.1, 0.15) is 55.2 Å². The number of hydrogen-bond donors (Lipinski definition) is 0. The van der Waals surface area contributed by atoms with E-state index in [2.05, 4.69) is 14.5 Å². The number of aromatic nitrogens is 2. The Hall–Kier alpha value is -2.48. The summed E-state index contributed by atoms with van der Waals surface area (Å²) < 4.78 is 92.1. The fourth-order valence-electron chi connectivity index (χ4n) is 6.51. The zero-order valence-electron chi connectivity index (χ0n) is 23.8. The summed E-state index contributed by atoms with van der Waals surface area (Å²) in [6.07, 6.45) is 3.39. The van der Waals surface area contributed by atoms with Gasteiger partial charge in [-0.25, -0.2) is 26.1 Å². The average molecular weight is 627 g/mol. The number of nitrogens with zero attached hydrogens (tertiary/aromatic N) is 4. The highest BCUT2D eigenvalue weighted by Crippen LogP contribution is 2.39. The molecule has 2 aliphatic rings. The summed E-state index contributed by atoms with van der Waals surface area (Å²) in [6.45, 7) is 3.16. The number of benzene rings is 2. The molecular weight excluding hydrogens is 589 g/mol. The molecule has 0 spiro atoms. The average Bonchev–Trinajstić information content (AvgIpc) is 3.36. The van der Waals surface area contributed by atoms with Crippen molar-refractivity contribution in [3.63, 3.8) is 0 Å². The Balaban J connectivity index is 1.26. The van der Waals surface area contributed by atoms with Crippen LogP contribution in [0, 0.1) is 5.92 Å². The molecule has 3 heterocycles. The number of alkyl halides is 3. The number of sulfonamides is 1. The molecule has 8 nitrogen and oxygen atoms in total. The topological polar surface area (TPSA) is 92.6 Å². The van der Waals surface area contributed by atoms with Crippen molar-refractivity contribution in [3.05, 3.63) is 59.9 Å². The molecule has 0 radical (unpaired) electrons. The van der Waals surface area contributed by atoms with Gasteiger partial charge < -0.3 is 9.47 Å². The highest BCUT2D eigenvalue weighted by atomic mass is 32.2. The first-order valence-electron chi connectivity index (χ1n) is 14.2. The van der Waals surface area contributed by atoms with Crippen molar-refractivity contribution >= 4 is 30.9 Å². The van der Waals surface area contributed by atoms with Crippen molar-refractivity contribution in [3.8, 4) is 0 Å². The van der Waals surface area contributed by atoms with Gasteiger partial charge in [-0.2, -0.15) is 13.2 Å². The molecule has 5 rings (SSSR count). The molecule has 0 unspecified atom stereocenters. The monoisotopic (exact) mass is 626 g/mol. The summed E-state index contributed by atoms with van der Waals surface area (Å²) in [4.78, 5) is 7.03. The van der Waals surface area contributed by atoms with Gasteiger partial charge in [0.2, 0.25) is 10.0 Å². The van der Waals surface area contributed by atoms with Gasteiger partial charge in [0.05, 0.1) is 34.1 Å². The van der Waals surface area contributed by atoms with Gasteiger partial charge in [-0.05, 0) is 80.3 Å². The maximum absolute atomic E-state index is 13.5. The predicted molar refractivity (Wildman–Crippen MR) is 155 cm³/mol. The Kier molecular flexibility index (Phi) is 8.77. The second kappa shape index (κ2) is 11.9. The van der Waals surface area contributed by atoms with E-state index in [0.29, 0.717) is 43.4 Å². The van der Waals surface area contributed by atoms with Crippen LogP contribution in [0.25, 0.3) is 11.0 Å². The lowest BCUT2D eigenvalue weighted by atomic mass is 9.78. The van der Waals surface area contributed by atoms with Crippen molar-refractivity contribution in [2.45, 2.75) is 55.1 Å². The minimum Gasteiger partial charge on any atom is -0.327 e. The van der Waals surface area contributed by atoms with E-state index >= 15 is 0 Å². The van der Waals surface area contributed by atoms with Crippen molar-refractivity contribution < 1.29 is 30.0 Å². The van der Waals surface area contributed by atoms with Gasteiger partial charge in [-0.1, -0.05) is 18.2 Å². The van der Waals surface area contributed by atoms with E-state index in [9.17, 15) is 30.0 Å². The van der Waals surface area contributed by atoms with Crippen LogP contribution in [0.5, 0.6) is 0 Å². The molecule has 0 aliphatic carbocycles. The summed E-state index contributed by atoms with van der Waals surface area (Å²) in [5.74, 6) is -0.00784. The molecular formula is C29H37F3N4O4S2. The third kappa shape index (κ3) is 7.00. The molecule has 0 bridgehead atoms. The summed E-state index contributed by atoms with van der Waals surface area (Å²) in [5.41, 5.74) is 1.54. The van der Waals surface area contributed by atoms with Crippen LogP contribution in [0.2, 0.25) is 0 Å². The van der Waals surface area contributed by atoms with Gasteiger partial charge in [0.15, 0.2) is 9.84 Å². The van der Waals surface area contributed by atoms with Crippen LogP contribution in [-0.4, -0.2) is 80.8 Å². The standard InChI is InChI=1S/C29H37F3N4O4S2/c1-41(37,38)25-6-7-28-27(19-25)33-20-36(28)24-10-13-34(14-11-24)15-12-26(21-8-16-35(17-9-21)42(2,39)40)22-4-3-5-23(18-22)29(30,31)32/h3-7,18-21,24,26H,8-17H2,1-2H3/t26-/m1/s1. The molecule has 2 saturated heterocycles. The molecule has 1 atom stereocenters. The van der Waals surface area contributed by atoms with Crippen molar-refractivity contribution in [2.75, 3.05) is 45.2 Å². The molecule has 2 aliphatic heterocycles. The number of rotatable bonds is 8. The molecule has 0 N–H and O–H groups in total. The van der Waals surface area contributed by atoms with Gasteiger partial charge in [0, 0.05) is 38.5 Å². The highest BCUT2D eigenvalue weighted by molar-refractivity contribution is 7.90. The Morgan fingerprint density at radius 1 is 0.929 bits per heavy atom. The van der Waals surface area contributed by atoms with Crippen molar-refractivity contribution in [1.82, 2.24) is 18.8 Å². The molecule has 0 amide bonds. The Morgan fingerprint density at radius 3 is 2.24 bits per heavy atom. The predicted octanol–water partition coefficient (Wildman–Crippen LogP) is 4.94. The van der Waals surface area contributed by atoms with Crippen LogP contribution in [0.3, 0.4) is 0 Å². The Bertz CT molecular complexity index is 1620. The normalized spacial score (nSPS) is 19.8. The van der Waals surface area contributed by atoms with Gasteiger partial charge in [-0.15, -0.1) is 0 Å². The van der Waals surface area contributed by atoms with E-state index in [1.807, 2.05) is 0 Å². The number of hydrogen-bond acceptors (Lipinski definition) is 6. The molecule has 13 heteroatoms. The zero-order valence-corrected chi connectivity index (χ0v) is 25.4. The van der Waals surface area contributed by atoms with Crippen LogP contribution >= 0.6 is 0 Å². The molecule has 42 heavy (non-hydrogen) atoms. The largest absolute Gasteiger partial charge is 0.416 e. The third-order valence-electron chi connectivity index (χ3n) is 8.86. The van der Waals surface area contributed by atoms with Crippen molar-refractivity contribution in [2.24, 2.45) is 5.92 Å². The van der Waals surface area contributed by atoms with E-state index in [-0.39, 0.29) is 22.8 Å². The second-order valence-corrected chi connectivity index (χ2v) is 15.7. The number of halogens is 3. The van der Waals surface area contributed by atoms with E-state index in [1.54, 1.807) is 30.6 Å². The number of piperidine rings is 2. The quantitative estimate of drug-likeness (QED) is 0.352. The summed E-state index contributed by atoms with van der Waals surface area (Å²) >= 11 is 0. The fourth-order valence-corrected chi connectivity index (χ4v) is 8.02. The van der Waals surface area contributed by atoms with E-state index in [0.717, 1.165) is 44.1 Å². The number of fused-ring (bicyclic) bond motifs is 1. The smallest absolute Gasteiger partial charge is 0.327 e. The van der Waals surface area contributed by atoms with Crippen LogP contribution in [-0.2, 0) is 26.0 Å². The van der Waals surface area contributed by atoms with Crippen LogP contribution in [0.15, 0.2) is 53.7 Å². The molecule has 1 aromatic heterocycles. The lowest BCUT2D eigenvalue weighted by Crippen LogP contribution is -2.40. The number of likely N-dealkylation sites (tertiary alicyclic amines) is 1. The SMILES string of the molecule is CS(=O)(=O)c1ccc2c(c1)ncn2C1CCN(CC[C@@H](c2cccc(C(F)(F)F)c2)C2CCN(S(C)(=O)=O)CC2)CC1. The summed E-state index contributed by atoms with van der Waals surface area (Å²) in [6, 6.07) is 10.8. The second-order valence-electron chi connectivity index (χ2n) is 11.7. The first-order valence-corrected chi connectivity index (χ1v) is 18.0. The van der Waals surface area contributed by atoms with Crippen LogP contribution in [0.4, 0.5) is 13.2 Å². The zero-order chi connectivity index (χ0) is 30.3. The van der Waals surface area contributed by atoms with E-state index in [1.165, 1.54) is 28.9 Å². The molecule has 2 aromatic carbocycles. The van der Waals surface area contributed by atoms with E-state index in [4.69, 9.17) is 0 Å². The lowest BCUT2D eigenvalue weighted by molar-refractivity contribution is -0.137. The lowest BCUT2D eigenvalue weighted by Gasteiger charge is -2.37. The Morgan fingerprint density at radius 2 is 1.62 bits per heavy atom. The summed E-state index contributed by atoms with van der Waals surface area (Å²) in [5, 5.41) is 0. The molecule has 3 aromatic rings. The highest BCUT2D eigenvalue weighted by Gasteiger charge is 2.34. The van der Waals surface area contributed by atoms with Crippen molar-refractivity contribution in [1.29, 1.82) is 0 Å². The minimum atomic E-state index is -4.42. The van der Waals surface area contributed by atoms with E-state index < -0.39 is 31.6 Å². The third-order valence-corrected chi connectivity index (χ3v) is 11.3. The maximum atomic E-state index is 13.5. The number of imidazole rings is 1. The molecule has 230 valence electrons. The summed E-state index contributed by atoms with van der Waals surface area (Å²) in [7, 11) is -6.62. The minimum absolute atomic E-state index is 0.0955. The van der Waals surface area contributed by atoms with Gasteiger partial charge >= 0.3 is 6.18 Å². The number of sulfone groups is 1. The fraction of sp³-hybridized carbons (Fsp3) is 0.552.